The molecule has 0 saturated carbocycles. The number of aliphatic hydroxyl groups excluding tert-OH is 1. The number of piperidine rings is 1. The van der Waals surface area contributed by atoms with Crippen molar-refractivity contribution in [3.05, 3.63) is 33.8 Å². The third-order valence-electron chi connectivity index (χ3n) is 2.95. The van der Waals surface area contributed by atoms with Crippen LogP contribution in [0.5, 0.6) is 0 Å². The van der Waals surface area contributed by atoms with Gasteiger partial charge >= 0.3 is 0 Å². The summed E-state index contributed by atoms with van der Waals surface area (Å²) in [5, 5.41) is 10.6. The lowest BCUT2D eigenvalue weighted by atomic mass is 10.1. The number of likely N-dealkylation sites (tertiary alicyclic amines) is 1. The van der Waals surface area contributed by atoms with Crippen LogP contribution < -0.4 is 0 Å². The van der Waals surface area contributed by atoms with E-state index in [0.717, 1.165) is 32.5 Å². The van der Waals surface area contributed by atoms with Gasteiger partial charge in [0.1, 0.15) is 0 Å². The molecule has 1 aliphatic rings. The molecule has 1 saturated heterocycles. The molecule has 0 aromatic heterocycles. The molecule has 0 bridgehead atoms. The Bertz CT molecular complexity index is 362. The summed E-state index contributed by atoms with van der Waals surface area (Å²) in [4.78, 5) is 2.33. The van der Waals surface area contributed by atoms with E-state index >= 15 is 0 Å². The Labute approximate surface area is 106 Å². The zero-order valence-corrected chi connectivity index (χ0v) is 10.5. The van der Waals surface area contributed by atoms with E-state index in [1.54, 1.807) is 0 Å². The van der Waals surface area contributed by atoms with Crippen molar-refractivity contribution in [1.82, 2.24) is 4.90 Å². The first-order valence-corrected chi connectivity index (χ1v) is 6.25. The van der Waals surface area contributed by atoms with Crippen LogP contribution >= 0.6 is 23.2 Å². The zero-order chi connectivity index (χ0) is 11.5. The van der Waals surface area contributed by atoms with Gasteiger partial charge in [-0.2, -0.15) is 0 Å². The second-order valence-corrected chi connectivity index (χ2v) is 5.07. The average molecular weight is 260 g/mol. The van der Waals surface area contributed by atoms with E-state index in [1.807, 2.05) is 18.2 Å². The predicted octanol–water partition coefficient (Wildman–Crippen LogP) is 2.95. The molecule has 1 N–H and O–H groups in total. The Morgan fingerprint density at radius 2 is 1.88 bits per heavy atom. The molecule has 1 heterocycles. The topological polar surface area (TPSA) is 23.5 Å². The van der Waals surface area contributed by atoms with Crippen LogP contribution in [0.3, 0.4) is 0 Å². The van der Waals surface area contributed by atoms with Crippen molar-refractivity contribution >= 4 is 23.2 Å². The Morgan fingerprint density at radius 3 is 2.50 bits per heavy atom. The number of hydrogen-bond acceptors (Lipinski definition) is 2. The van der Waals surface area contributed by atoms with Crippen LogP contribution in [0, 0.1) is 0 Å². The van der Waals surface area contributed by atoms with Gasteiger partial charge in [-0.3, -0.25) is 4.90 Å². The van der Waals surface area contributed by atoms with Crippen molar-refractivity contribution in [1.29, 1.82) is 0 Å². The molecule has 2 nitrogen and oxygen atoms in total. The summed E-state index contributed by atoms with van der Waals surface area (Å²) in [5.74, 6) is 0. The Morgan fingerprint density at radius 1 is 1.19 bits per heavy atom. The van der Waals surface area contributed by atoms with Crippen LogP contribution in [0.15, 0.2) is 18.2 Å². The van der Waals surface area contributed by atoms with Crippen LogP contribution in [0.25, 0.3) is 0 Å². The monoisotopic (exact) mass is 259 g/mol. The van der Waals surface area contributed by atoms with Gasteiger partial charge in [-0.05, 0) is 30.5 Å². The van der Waals surface area contributed by atoms with Crippen LogP contribution in [-0.2, 0) is 6.54 Å². The highest BCUT2D eigenvalue weighted by Crippen LogP contribution is 2.23. The smallest absolute Gasteiger partial charge is 0.0595 e. The lowest BCUT2D eigenvalue weighted by molar-refractivity contribution is 0.0792. The number of hydrogen-bond donors (Lipinski definition) is 1. The van der Waals surface area contributed by atoms with Gasteiger partial charge in [0.2, 0.25) is 0 Å². The van der Waals surface area contributed by atoms with Crippen molar-refractivity contribution in [3.8, 4) is 0 Å². The number of rotatable bonds is 2. The van der Waals surface area contributed by atoms with Gasteiger partial charge < -0.3 is 5.11 Å². The van der Waals surface area contributed by atoms with Gasteiger partial charge in [-0.25, -0.2) is 0 Å². The molecular formula is C12H15Cl2NO. The second kappa shape index (κ2) is 5.37. The minimum Gasteiger partial charge on any atom is -0.393 e. The fraction of sp³-hybridized carbons (Fsp3) is 0.500. The second-order valence-electron chi connectivity index (χ2n) is 4.26. The van der Waals surface area contributed by atoms with E-state index in [1.165, 1.54) is 5.56 Å². The number of halogens is 2. The molecule has 16 heavy (non-hydrogen) atoms. The van der Waals surface area contributed by atoms with Gasteiger partial charge in [0, 0.05) is 19.6 Å². The molecule has 0 aliphatic carbocycles. The lowest BCUT2D eigenvalue weighted by Crippen LogP contribution is -2.35. The predicted molar refractivity (Wildman–Crippen MR) is 67.0 cm³/mol. The number of nitrogens with zero attached hydrogens (tertiary/aromatic N) is 1. The Kier molecular flexibility index (Phi) is 4.09. The molecule has 1 fully saturated rings. The van der Waals surface area contributed by atoms with Crippen molar-refractivity contribution in [3.63, 3.8) is 0 Å². The molecule has 0 radical (unpaired) electrons. The van der Waals surface area contributed by atoms with E-state index in [-0.39, 0.29) is 6.10 Å². The van der Waals surface area contributed by atoms with E-state index in [0.29, 0.717) is 10.0 Å². The molecule has 4 heteroatoms. The third-order valence-corrected chi connectivity index (χ3v) is 3.69. The van der Waals surface area contributed by atoms with Gasteiger partial charge in [0.05, 0.1) is 16.1 Å². The van der Waals surface area contributed by atoms with Crippen molar-refractivity contribution in [2.45, 2.75) is 25.5 Å². The maximum Gasteiger partial charge on any atom is 0.0595 e. The summed E-state index contributed by atoms with van der Waals surface area (Å²) in [6.45, 7) is 2.77. The maximum absolute atomic E-state index is 9.41. The molecule has 1 aromatic carbocycles. The standard InChI is InChI=1S/C12H15Cl2NO/c13-11-2-1-9(7-12(11)14)8-15-5-3-10(16)4-6-15/h1-2,7,10,16H,3-6,8H2. The number of benzene rings is 1. The van der Waals surface area contributed by atoms with Gasteiger partial charge in [-0.1, -0.05) is 29.3 Å². The first-order chi connectivity index (χ1) is 7.65. The third kappa shape index (κ3) is 3.11. The average Bonchev–Trinajstić information content (AvgIpc) is 2.27. The summed E-state index contributed by atoms with van der Waals surface area (Å²) in [6.07, 6.45) is 1.60. The Balaban J connectivity index is 1.96. The molecule has 0 spiro atoms. The molecular weight excluding hydrogens is 245 g/mol. The molecule has 0 amide bonds. The van der Waals surface area contributed by atoms with Gasteiger partial charge in [0.15, 0.2) is 0 Å². The largest absolute Gasteiger partial charge is 0.393 e. The van der Waals surface area contributed by atoms with Crippen LogP contribution in [0.1, 0.15) is 18.4 Å². The van der Waals surface area contributed by atoms with E-state index in [4.69, 9.17) is 23.2 Å². The first-order valence-electron chi connectivity index (χ1n) is 5.49. The van der Waals surface area contributed by atoms with Crippen LogP contribution in [0.4, 0.5) is 0 Å². The van der Waals surface area contributed by atoms with E-state index in [9.17, 15) is 5.11 Å². The number of aliphatic hydroxyl groups is 1. The van der Waals surface area contributed by atoms with Crippen molar-refractivity contribution < 1.29 is 5.11 Å². The fourth-order valence-electron chi connectivity index (χ4n) is 1.97. The molecule has 0 atom stereocenters. The SMILES string of the molecule is OC1CCN(Cc2ccc(Cl)c(Cl)c2)CC1. The lowest BCUT2D eigenvalue weighted by Gasteiger charge is -2.29. The van der Waals surface area contributed by atoms with Gasteiger partial charge in [-0.15, -0.1) is 0 Å². The van der Waals surface area contributed by atoms with E-state index < -0.39 is 0 Å². The quantitative estimate of drug-likeness (QED) is 0.883. The summed E-state index contributed by atoms with van der Waals surface area (Å²) >= 11 is 11.8. The maximum atomic E-state index is 9.41. The van der Waals surface area contributed by atoms with Crippen LogP contribution in [-0.4, -0.2) is 29.2 Å². The summed E-state index contributed by atoms with van der Waals surface area (Å²) < 4.78 is 0. The highest BCUT2D eigenvalue weighted by atomic mass is 35.5. The van der Waals surface area contributed by atoms with Crippen molar-refractivity contribution in [2.24, 2.45) is 0 Å². The first kappa shape index (κ1) is 12.2. The fourth-order valence-corrected chi connectivity index (χ4v) is 2.29. The summed E-state index contributed by atoms with van der Waals surface area (Å²) in [5.41, 5.74) is 1.17. The molecule has 2 rings (SSSR count). The van der Waals surface area contributed by atoms with E-state index in [2.05, 4.69) is 4.90 Å². The highest BCUT2D eigenvalue weighted by Gasteiger charge is 2.16. The Hall–Kier alpha value is -0.280. The minimum absolute atomic E-state index is 0.120. The van der Waals surface area contributed by atoms with Crippen LogP contribution in [0.2, 0.25) is 10.0 Å². The van der Waals surface area contributed by atoms with Gasteiger partial charge in [0.25, 0.3) is 0 Å². The summed E-state index contributed by atoms with van der Waals surface area (Å²) in [7, 11) is 0. The molecule has 1 aromatic rings. The summed E-state index contributed by atoms with van der Waals surface area (Å²) in [6, 6.07) is 5.74. The highest BCUT2D eigenvalue weighted by molar-refractivity contribution is 6.42. The molecule has 1 aliphatic heterocycles. The normalized spacial score (nSPS) is 18.9. The van der Waals surface area contributed by atoms with Crippen molar-refractivity contribution in [2.75, 3.05) is 13.1 Å². The molecule has 88 valence electrons. The minimum atomic E-state index is -0.120. The zero-order valence-electron chi connectivity index (χ0n) is 9.00. The molecule has 0 unspecified atom stereocenters.